The highest BCUT2D eigenvalue weighted by molar-refractivity contribution is 7.99. The van der Waals surface area contributed by atoms with Crippen molar-refractivity contribution in [3.05, 3.63) is 48.2 Å². The van der Waals surface area contributed by atoms with Crippen LogP contribution in [0.15, 0.2) is 52.7 Å². The van der Waals surface area contributed by atoms with Crippen molar-refractivity contribution in [2.24, 2.45) is 5.10 Å². The molecule has 0 aliphatic heterocycles. The second-order valence-corrected chi connectivity index (χ2v) is 5.41. The molecule has 0 aliphatic carbocycles. The number of hydrogen-bond donors (Lipinski definition) is 2. The molecule has 0 spiro atoms. The van der Waals surface area contributed by atoms with Gasteiger partial charge < -0.3 is 9.84 Å². The van der Waals surface area contributed by atoms with Gasteiger partial charge in [-0.15, -0.1) is 0 Å². The summed E-state index contributed by atoms with van der Waals surface area (Å²) in [6.45, 7) is 2.29. The average Bonchev–Trinajstić information content (AvgIpc) is 2.57. The molecule has 2 rings (SSSR count). The van der Waals surface area contributed by atoms with Crippen molar-refractivity contribution in [3.63, 3.8) is 0 Å². The van der Waals surface area contributed by atoms with E-state index in [-0.39, 0.29) is 17.4 Å². The SMILES string of the molecule is CCOc1cc(/C=N\NC(=O)CSc2ccccn2)ccc1O. The minimum absolute atomic E-state index is 0.0693. The summed E-state index contributed by atoms with van der Waals surface area (Å²) < 4.78 is 5.28. The molecule has 1 heterocycles. The number of pyridine rings is 1. The summed E-state index contributed by atoms with van der Waals surface area (Å²) in [6, 6.07) is 10.4. The van der Waals surface area contributed by atoms with Gasteiger partial charge in [0.15, 0.2) is 11.5 Å². The number of thioether (sulfide) groups is 1. The molecule has 0 radical (unpaired) electrons. The summed E-state index contributed by atoms with van der Waals surface area (Å²) in [5, 5.41) is 14.3. The summed E-state index contributed by atoms with van der Waals surface area (Å²) >= 11 is 1.34. The number of nitrogens with zero attached hydrogens (tertiary/aromatic N) is 2. The van der Waals surface area contributed by atoms with Crippen LogP contribution in [0, 0.1) is 0 Å². The van der Waals surface area contributed by atoms with Crippen LogP contribution < -0.4 is 10.2 Å². The number of hydrazone groups is 1. The van der Waals surface area contributed by atoms with Crippen LogP contribution in [0.1, 0.15) is 12.5 Å². The number of phenolic OH excluding ortho intramolecular Hbond substituents is 1. The minimum Gasteiger partial charge on any atom is -0.504 e. The van der Waals surface area contributed by atoms with E-state index >= 15 is 0 Å². The van der Waals surface area contributed by atoms with Crippen LogP contribution in [0.4, 0.5) is 0 Å². The lowest BCUT2D eigenvalue weighted by Crippen LogP contribution is -2.19. The Morgan fingerprint density at radius 1 is 1.43 bits per heavy atom. The zero-order valence-corrected chi connectivity index (χ0v) is 13.4. The Kier molecular flexibility index (Phi) is 6.43. The van der Waals surface area contributed by atoms with E-state index in [1.807, 2.05) is 25.1 Å². The molecular formula is C16H17N3O3S. The molecule has 0 fully saturated rings. The summed E-state index contributed by atoms with van der Waals surface area (Å²) in [5.74, 6) is 0.461. The zero-order chi connectivity index (χ0) is 16.5. The molecule has 2 aromatic rings. The van der Waals surface area contributed by atoms with Crippen molar-refractivity contribution < 1.29 is 14.6 Å². The molecule has 0 atom stereocenters. The fourth-order valence-corrected chi connectivity index (χ4v) is 2.32. The Labute approximate surface area is 138 Å². The first-order valence-corrected chi connectivity index (χ1v) is 7.99. The number of nitrogens with one attached hydrogen (secondary N) is 1. The fourth-order valence-electron chi connectivity index (χ4n) is 1.67. The number of aromatic hydroxyl groups is 1. The molecule has 23 heavy (non-hydrogen) atoms. The van der Waals surface area contributed by atoms with Gasteiger partial charge in [-0.1, -0.05) is 17.8 Å². The number of ether oxygens (including phenoxy) is 1. The number of carbonyl (C=O) groups is 1. The number of amides is 1. The lowest BCUT2D eigenvalue weighted by atomic mass is 10.2. The van der Waals surface area contributed by atoms with E-state index in [1.54, 1.807) is 18.3 Å². The zero-order valence-electron chi connectivity index (χ0n) is 12.6. The molecule has 0 saturated heterocycles. The molecule has 6 nitrogen and oxygen atoms in total. The van der Waals surface area contributed by atoms with Gasteiger partial charge >= 0.3 is 0 Å². The van der Waals surface area contributed by atoms with Gasteiger partial charge in [-0.3, -0.25) is 4.79 Å². The summed E-state index contributed by atoms with van der Waals surface area (Å²) in [6.07, 6.45) is 3.17. The number of phenols is 1. The van der Waals surface area contributed by atoms with E-state index in [4.69, 9.17) is 4.74 Å². The Morgan fingerprint density at radius 2 is 2.30 bits per heavy atom. The third kappa shape index (κ3) is 5.63. The Morgan fingerprint density at radius 3 is 3.04 bits per heavy atom. The molecule has 1 aromatic carbocycles. The van der Waals surface area contributed by atoms with E-state index in [0.717, 1.165) is 5.03 Å². The van der Waals surface area contributed by atoms with Crippen molar-refractivity contribution in [1.82, 2.24) is 10.4 Å². The van der Waals surface area contributed by atoms with Gasteiger partial charge in [0.2, 0.25) is 5.91 Å². The highest BCUT2D eigenvalue weighted by atomic mass is 32.2. The van der Waals surface area contributed by atoms with Crippen LogP contribution in [0.25, 0.3) is 0 Å². The van der Waals surface area contributed by atoms with Gasteiger partial charge in [-0.25, -0.2) is 10.4 Å². The van der Waals surface area contributed by atoms with Crippen LogP contribution in [0.2, 0.25) is 0 Å². The summed E-state index contributed by atoms with van der Waals surface area (Å²) in [7, 11) is 0. The number of hydrogen-bond acceptors (Lipinski definition) is 6. The maximum absolute atomic E-state index is 11.7. The highest BCUT2D eigenvalue weighted by Crippen LogP contribution is 2.26. The molecule has 0 unspecified atom stereocenters. The second kappa shape index (κ2) is 8.79. The van der Waals surface area contributed by atoms with E-state index < -0.39 is 0 Å². The molecule has 0 aliphatic rings. The van der Waals surface area contributed by atoms with Crippen LogP contribution in [0.5, 0.6) is 11.5 Å². The van der Waals surface area contributed by atoms with Crippen LogP contribution in [-0.2, 0) is 4.79 Å². The van der Waals surface area contributed by atoms with Crippen LogP contribution in [-0.4, -0.2) is 34.6 Å². The van der Waals surface area contributed by atoms with Gasteiger partial charge in [0.1, 0.15) is 0 Å². The van der Waals surface area contributed by atoms with Crippen molar-refractivity contribution in [3.8, 4) is 11.5 Å². The van der Waals surface area contributed by atoms with E-state index in [0.29, 0.717) is 17.9 Å². The standard InChI is InChI=1S/C16H17N3O3S/c1-2-22-14-9-12(6-7-13(14)20)10-18-19-15(21)11-23-16-5-3-4-8-17-16/h3-10,20H,2,11H2,1H3,(H,19,21)/b18-10-. The maximum Gasteiger partial charge on any atom is 0.250 e. The Balaban J connectivity index is 1.84. The predicted molar refractivity (Wildman–Crippen MR) is 90.0 cm³/mol. The van der Waals surface area contributed by atoms with Gasteiger partial charge in [0.05, 0.1) is 23.6 Å². The first-order chi connectivity index (χ1) is 11.2. The number of benzene rings is 1. The van der Waals surface area contributed by atoms with Gasteiger partial charge in [-0.2, -0.15) is 5.10 Å². The monoisotopic (exact) mass is 331 g/mol. The molecule has 120 valence electrons. The van der Waals surface area contributed by atoms with Crippen LogP contribution >= 0.6 is 11.8 Å². The minimum atomic E-state index is -0.222. The first kappa shape index (κ1) is 16.8. The molecule has 0 saturated carbocycles. The third-order valence-electron chi connectivity index (χ3n) is 2.68. The van der Waals surface area contributed by atoms with Crippen LogP contribution in [0.3, 0.4) is 0 Å². The Bertz CT molecular complexity index is 678. The summed E-state index contributed by atoms with van der Waals surface area (Å²) in [5.41, 5.74) is 3.16. The van der Waals surface area contributed by atoms with Gasteiger partial charge in [0.25, 0.3) is 0 Å². The normalized spacial score (nSPS) is 10.7. The predicted octanol–water partition coefficient (Wildman–Crippen LogP) is 2.43. The number of carbonyl (C=O) groups excluding carboxylic acids is 1. The summed E-state index contributed by atoms with van der Waals surface area (Å²) in [4.78, 5) is 15.8. The average molecular weight is 331 g/mol. The van der Waals surface area contributed by atoms with Crippen molar-refractivity contribution in [1.29, 1.82) is 0 Å². The lowest BCUT2D eigenvalue weighted by Gasteiger charge is -2.06. The molecule has 7 heteroatoms. The smallest absolute Gasteiger partial charge is 0.250 e. The number of rotatable bonds is 7. The molecule has 1 amide bonds. The van der Waals surface area contributed by atoms with E-state index in [9.17, 15) is 9.90 Å². The Hall–Kier alpha value is -2.54. The third-order valence-corrected chi connectivity index (χ3v) is 3.62. The fraction of sp³-hybridized carbons (Fsp3) is 0.188. The quantitative estimate of drug-likeness (QED) is 0.462. The largest absolute Gasteiger partial charge is 0.504 e. The highest BCUT2D eigenvalue weighted by Gasteiger charge is 2.03. The lowest BCUT2D eigenvalue weighted by molar-refractivity contribution is -0.118. The number of aromatic nitrogens is 1. The molecular weight excluding hydrogens is 314 g/mol. The topological polar surface area (TPSA) is 83.8 Å². The van der Waals surface area contributed by atoms with Gasteiger partial charge in [-0.05, 0) is 42.8 Å². The molecule has 0 bridgehead atoms. The van der Waals surface area contributed by atoms with E-state index in [1.165, 1.54) is 24.0 Å². The first-order valence-electron chi connectivity index (χ1n) is 7.00. The molecule has 2 N–H and O–H groups in total. The van der Waals surface area contributed by atoms with E-state index in [2.05, 4.69) is 15.5 Å². The molecule has 1 aromatic heterocycles. The van der Waals surface area contributed by atoms with Crippen molar-refractivity contribution in [2.75, 3.05) is 12.4 Å². The van der Waals surface area contributed by atoms with Gasteiger partial charge in [0, 0.05) is 6.20 Å². The van der Waals surface area contributed by atoms with Crippen molar-refractivity contribution >= 4 is 23.9 Å². The van der Waals surface area contributed by atoms with Crippen molar-refractivity contribution in [2.45, 2.75) is 11.9 Å². The maximum atomic E-state index is 11.7. The second-order valence-electron chi connectivity index (χ2n) is 4.41.